The average Bonchev–Trinajstić information content (AvgIpc) is 2.92. The van der Waals surface area contributed by atoms with Gasteiger partial charge in [0.15, 0.2) is 0 Å². The minimum atomic E-state index is -4.34. The van der Waals surface area contributed by atoms with E-state index in [-0.39, 0.29) is 18.4 Å². The molecule has 0 radical (unpaired) electrons. The maximum Gasteiger partial charge on any atom is 0.416 e. The highest BCUT2D eigenvalue weighted by molar-refractivity contribution is 5.79. The molecule has 1 amide bonds. The van der Waals surface area contributed by atoms with E-state index >= 15 is 0 Å². The van der Waals surface area contributed by atoms with Gasteiger partial charge in [0.1, 0.15) is 0 Å². The highest BCUT2D eigenvalue weighted by atomic mass is 19.4. The lowest BCUT2D eigenvalue weighted by molar-refractivity contribution is -0.137. The first kappa shape index (κ1) is 16.3. The summed E-state index contributed by atoms with van der Waals surface area (Å²) in [5.74, 6) is 0.835. The van der Waals surface area contributed by atoms with Gasteiger partial charge in [-0.15, -0.1) is 0 Å². The van der Waals surface area contributed by atoms with E-state index in [1.807, 2.05) is 4.90 Å². The molecule has 0 aromatic heterocycles. The third kappa shape index (κ3) is 3.52. The summed E-state index contributed by atoms with van der Waals surface area (Å²) in [5.41, 5.74) is 6.07. The van der Waals surface area contributed by atoms with Gasteiger partial charge in [-0.25, -0.2) is 0 Å². The summed E-state index contributed by atoms with van der Waals surface area (Å²) >= 11 is 0. The summed E-state index contributed by atoms with van der Waals surface area (Å²) in [6.07, 6.45) is -0.954. The Hall–Kier alpha value is -1.56. The van der Waals surface area contributed by atoms with E-state index in [0.29, 0.717) is 23.9 Å². The molecule has 0 bridgehead atoms. The van der Waals surface area contributed by atoms with Crippen LogP contribution in [-0.4, -0.2) is 29.9 Å². The molecule has 1 heterocycles. The van der Waals surface area contributed by atoms with Crippen molar-refractivity contribution in [1.29, 1.82) is 0 Å². The minimum absolute atomic E-state index is 0.0219. The number of carbonyl (C=O) groups is 1. The molecule has 1 aromatic carbocycles. The normalized spacial score (nSPS) is 27.8. The molecule has 2 fully saturated rings. The highest BCUT2D eigenvalue weighted by Crippen LogP contribution is 2.35. The number of alkyl halides is 3. The fraction of sp³-hybridized carbons (Fsp3) is 0.588. The van der Waals surface area contributed by atoms with Gasteiger partial charge in [-0.1, -0.05) is 18.6 Å². The predicted molar refractivity (Wildman–Crippen MR) is 80.5 cm³/mol. The Morgan fingerprint density at radius 3 is 2.48 bits per heavy atom. The molecule has 0 spiro atoms. The molecule has 3 rings (SSSR count). The molecule has 3 unspecified atom stereocenters. The fourth-order valence-electron chi connectivity index (χ4n) is 3.82. The van der Waals surface area contributed by atoms with E-state index < -0.39 is 11.7 Å². The van der Waals surface area contributed by atoms with Crippen LogP contribution in [0.4, 0.5) is 13.2 Å². The van der Waals surface area contributed by atoms with Crippen molar-refractivity contribution < 1.29 is 18.0 Å². The summed E-state index contributed by atoms with van der Waals surface area (Å²) in [6, 6.07) is 4.99. The van der Waals surface area contributed by atoms with Crippen molar-refractivity contribution in [3.63, 3.8) is 0 Å². The number of amides is 1. The van der Waals surface area contributed by atoms with Crippen LogP contribution in [0.2, 0.25) is 0 Å². The van der Waals surface area contributed by atoms with E-state index in [2.05, 4.69) is 0 Å². The largest absolute Gasteiger partial charge is 0.416 e. The van der Waals surface area contributed by atoms with Crippen LogP contribution < -0.4 is 5.73 Å². The molecule has 1 saturated heterocycles. The second-order valence-corrected chi connectivity index (χ2v) is 6.69. The van der Waals surface area contributed by atoms with Crippen LogP contribution in [0.5, 0.6) is 0 Å². The number of rotatable bonds is 2. The van der Waals surface area contributed by atoms with Crippen molar-refractivity contribution in [2.75, 3.05) is 13.1 Å². The smallest absolute Gasteiger partial charge is 0.342 e. The molecular weight excluding hydrogens is 305 g/mol. The number of likely N-dealkylation sites (tertiary alicyclic amines) is 1. The third-order valence-corrected chi connectivity index (χ3v) is 5.14. The van der Waals surface area contributed by atoms with Crippen molar-refractivity contribution in [3.05, 3.63) is 35.4 Å². The third-order valence-electron chi connectivity index (χ3n) is 5.14. The number of hydrogen-bond donors (Lipinski definition) is 1. The number of hydrogen-bond acceptors (Lipinski definition) is 2. The molecule has 3 atom stereocenters. The zero-order valence-corrected chi connectivity index (χ0v) is 12.9. The van der Waals surface area contributed by atoms with Gasteiger partial charge in [-0.05, 0) is 42.4 Å². The summed E-state index contributed by atoms with van der Waals surface area (Å²) < 4.78 is 37.6. The van der Waals surface area contributed by atoms with Crippen molar-refractivity contribution in [2.45, 2.75) is 37.9 Å². The van der Waals surface area contributed by atoms with Crippen molar-refractivity contribution in [3.8, 4) is 0 Å². The number of benzene rings is 1. The highest BCUT2D eigenvalue weighted by Gasteiger charge is 2.40. The maximum atomic E-state index is 12.5. The monoisotopic (exact) mass is 326 g/mol. The van der Waals surface area contributed by atoms with E-state index in [0.717, 1.165) is 37.9 Å². The van der Waals surface area contributed by atoms with Gasteiger partial charge >= 0.3 is 6.18 Å². The Labute approximate surface area is 133 Å². The first-order chi connectivity index (χ1) is 10.8. The van der Waals surface area contributed by atoms with Crippen LogP contribution in [0.3, 0.4) is 0 Å². The van der Waals surface area contributed by atoms with Crippen LogP contribution in [0.25, 0.3) is 0 Å². The van der Waals surface area contributed by atoms with Crippen molar-refractivity contribution in [2.24, 2.45) is 17.6 Å². The van der Waals surface area contributed by atoms with Crippen LogP contribution in [0, 0.1) is 11.8 Å². The Bertz CT molecular complexity index is 570. The van der Waals surface area contributed by atoms with Gasteiger partial charge in [0, 0.05) is 19.1 Å². The SMILES string of the molecule is NC1CCCC2CN(C(=O)Cc3ccc(C(F)(F)F)cc3)CC12. The number of halogens is 3. The summed E-state index contributed by atoms with van der Waals surface area (Å²) in [7, 11) is 0. The van der Waals surface area contributed by atoms with Gasteiger partial charge < -0.3 is 10.6 Å². The lowest BCUT2D eigenvalue weighted by Gasteiger charge is -2.29. The predicted octanol–water partition coefficient (Wildman–Crippen LogP) is 2.83. The van der Waals surface area contributed by atoms with Crippen LogP contribution in [0.15, 0.2) is 24.3 Å². The quantitative estimate of drug-likeness (QED) is 0.908. The van der Waals surface area contributed by atoms with E-state index in [9.17, 15) is 18.0 Å². The molecular formula is C17H21F3N2O. The molecule has 3 nitrogen and oxygen atoms in total. The van der Waals surface area contributed by atoms with Gasteiger partial charge in [0.05, 0.1) is 12.0 Å². The minimum Gasteiger partial charge on any atom is -0.342 e. The zero-order valence-electron chi connectivity index (χ0n) is 12.9. The van der Waals surface area contributed by atoms with Crippen LogP contribution >= 0.6 is 0 Å². The Kier molecular flexibility index (Phi) is 4.36. The number of nitrogens with two attached hydrogens (primary N) is 1. The Morgan fingerprint density at radius 1 is 1.17 bits per heavy atom. The van der Waals surface area contributed by atoms with Gasteiger partial charge in [0.25, 0.3) is 0 Å². The first-order valence-corrected chi connectivity index (χ1v) is 8.04. The van der Waals surface area contributed by atoms with Gasteiger partial charge in [-0.2, -0.15) is 13.2 Å². The Morgan fingerprint density at radius 2 is 1.87 bits per heavy atom. The maximum absolute atomic E-state index is 12.5. The Balaban J connectivity index is 1.61. The van der Waals surface area contributed by atoms with E-state index in [1.54, 1.807) is 0 Å². The van der Waals surface area contributed by atoms with E-state index in [4.69, 9.17) is 5.73 Å². The second kappa shape index (κ2) is 6.15. The van der Waals surface area contributed by atoms with Crippen LogP contribution in [0.1, 0.15) is 30.4 Å². The number of fused-ring (bicyclic) bond motifs is 1. The van der Waals surface area contributed by atoms with Gasteiger partial charge in [0.2, 0.25) is 5.91 Å². The van der Waals surface area contributed by atoms with Crippen molar-refractivity contribution >= 4 is 5.91 Å². The first-order valence-electron chi connectivity index (χ1n) is 8.04. The molecule has 126 valence electrons. The molecule has 2 N–H and O–H groups in total. The standard InChI is InChI=1S/C17H21F3N2O/c18-17(19,20)13-6-4-11(5-7-13)8-16(23)22-9-12-2-1-3-15(21)14(12)10-22/h4-7,12,14-15H,1-3,8-10,21H2. The zero-order chi connectivity index (χ0) is 16.6. The molecule has 6 heteroatoms. The fourth-order valence-corrected chi connectivity index (χ4v) is 3.82. The lowest BCUT2D eigenvalue weighted by atomic mass is 9.78. The summed E-state index contributed by atoms with van der Waals surface area (Å²) in [6.45, 7) is 1.42. The van der Waals surface area contributed by atoms with Gasteiger partial charge in [-0.3, -0.25) is 4.79 Å². The molecule has 2 aliphatic rings. The molecule has 1 aliphatic carbocycles. The average molecular weight is 326 g/mol. The second-order valence-electron chi connectivity index (χ2n) is 6.69. The summed E-state index contributed by atoms with van der Waals surface area (Å²) in [5, 5.41) is 0. The topological polar surface area (TPSA) is 46.3 Å². The van der Waals surface area contributed by atoms with Crippen LogP contribution in [-0.2, 0) is 17.4 Å². The number of nitrogens with zero attached hydrogens (tertiary/aromatic N) is 1. The van der Waals surface area contributed by atoms with Crippen molar-refractivity contribution in [1.82, 2.24) is 4.90 Å². The summed E-state index contributed by atoms with van der Waals surface area (Å²) in [4.78, 5) is 14.2. The lowest BCUT2D eigenvalue weighted by Crippen LogP contribution is -2.38. The van der Waals surface area contributed by atoms with E-state index in [1.165, 1.54) is 12.1 Å². The molecule has 1 aromatic rings. The molecule has 23 heavy (non-hydrogen) atoms. The number of carbonyl (C=O) groups excluding carboxylic acids is 1. The molecule has 1 aliphatic heterocycles. The molecule has 1 saturated carbocycles.